The van der Waals surface area contributed by atoms with Gasteiger partial charge < -0.3 is 24.4 Å². The molecule has 1 saturated heterocycles. The molecule has 0 spiro atoms. The molecule has 0 bridgehead atoms. The Bertz CT molecular complexity index is 1440. The number of esters is 2. The lowest BCUT2D eigenvalue weighted by atomic mass is 10.0. The molecule has 2 aliphatic rings. The summed E-state index contributed by atoms with van der Waals surface area (Å²) in [5.41, 5.74) is 0.305. The molecule has 3 atom stereocenters. The smallest absolute Gasteiger partial charge is 0.358 e. The van der Waals surface area contributed by atoms with Crippen molar-refractivity contribution in [3.63, 3.8) is 0 Å². The number of hydrogen-bond acceptors (Lipinski definition) is 14. The Morgan fingerprint density at radius 3 is 2.44 bits per heavy atom. The molecule has 2 heterocycles. The van der Waals surface area contributed by atoms with Gasteiger partial charge in [0, 0.05) is 26.7 Å². The topological polar surface area (TPSA) is 193 Å². The Labute approximate surface area is 252 Å². The molecule has 2 aliphatic heterocycles. The summed E-state index contributed by atoms with van der Waals surface area (Å²) in [5, 5.41) is 5.14. The van der Waals surface area contributed by atoms with Crippen molar-refractivity contribution in [3.8, 4) is 0 Å². The fourth-order valence-corrected chi connectivity index (χ4v) is 6.15. The Hall–Kier alpha value is -3.80. The molecule has 17 heteroatoms. The van der Waals surface area contributed by atoms with Crippen molar-refractivity contribution in [2.75, 3.05) is 32.7 Å². The van der Waals surface area contributed by atoms with Crippen LogP contribution in [0, 0.1) is 6.92 Å². The van der Waals surface area contributed by atoms with Crippen LogP contribution >= 0.6 is 11.8 Å². The van der Waals surface area contributed by atoms with E-state index in [1.54, 1.807) is 26.0 Å². The molecule has 43 heavy (non-hydrogen) atoms. The van der Waals surface area contributed by atoms with E-state index in [-0.39, 0.29) is 29.6 Å². The third-order valence-corrected chi connectivity index (χ3v) is 8.49. The molecule has 2 amide bonds. The summed E-state index contributed by atoms with van der Waals surface area (Å²) in [6.07, 6.45) is -1.23. The Morgan fingerprint density at radius 1 is 1.16 bits per heavy atom. The molecule has 3 rings (SSSR count). The lowest BCUT2D eigenvalue weighted by Crippen LogP contribution is -2.71. The maximum absolute atomic E-state index is 13.2. The fraction of sp³-hybridized carbons (Fsp3) is 0.462. The number of carbonyl (C=O) groups excluding carboxylic acids is 5. The maximum atomic E-state index is 13.2. The number of ether oxygens (including phenoxy) is 3. The summed E-state index contributed by atoms with van der Waals surface area (Å²) < 4.78 is 45.0. The zero-order chi connectivity index (χ0) is 31.9. The number of β-lactam (4-membered cyclic amide) rings is 1. The fourth-order valence-electron chi connectivity index (χ4n) is 3.95. The van der Waals surface area contributed by atoms with Crippen LogP contribution in [-0.2, 0) is 57.3 Å². The first-order valence-electron chi connectivity index (χ1n) is 12.8. The highest BCUT2D eigenvalue weighted by Gasteiger charge is 2.55. The number of oxime groups is 1. The first-order chi connectivity index (χ1) is 20.3. The number of Topliss-reactive ketones (excluding diaryl/α,β-unsaturated/α-hetero) is 1. The molecule has 234 valence electrons. The zero-order valence-corrected chi connectivity index (χ0v) is 25.6. The van der Waals surface area contributed by atoms with Crippen molar-refractivity contribution in [1.82, 2.24) is 10.2 Å². The van der Waals surface area contributed by atoms with E-state index in [0.29, 0.717) is 5.57 Å². The molecule has 0 aromatic heterocycles. The van der Waals surface area contributed by atoms with Crippen molar-refractivity contribution in [1.29, 1.82) is 0 Å². The highest BCUT2D eigenvalue weighted by atomic mass is 32.2. The molecule has 0 radical (unpaired) electrons. The summed E-state index contributed by atoms with van der Waals surface area (Å²) in [4.78, 5) is 69.1. The third-order valence-electron chi connectivity index (χ3n) is 5.87. The third kappa shape index (κ3) is 8.19. The van der Waals surface area contributed by atoms with Crippen molar-refractivity contribution in [2.45, 2.75) is 50.3 Å². The van der Waals surface area contributed by atoms with E-state index < -0.39 is 69.7 Å². The number of fused-ring (bicyclic) bond motifs is 1. The number of aryl methyl sites for hydroxylation is 1. The normalized spacial score (nSPS) is 19.1. The lowest BCUT2D eigenvalue weighted by molar-refractivity contribution is -0.182. The average Bonchev–Trinajstić information content (AvgIpc) is 2.94. The van der Waals surface area contributed by atoms with Crippen molar-refractivity contribution < 1.29 is 55.6 Å². The SMILES string of the molecule is CCO/N=C(\C(=O)COS(=O)(=O)c1ccc(C)cc1)C(=O)NC1C(=O)N2C(C(=O)OC(C)OC(C)=O)=C(COC)CS[C@H]12. The molecule has 1 fully saturated rings. The minimum absolute atomic E-state index is 0.00192. The first kappa shape index (κ1) is 33.7. The summed E-state index contributed by atoms with van der Waals surface area (Å²) in [6, 6.07) is 4.52. The number of carbonyl (C=O) groups is 5. The van der Waals surface area contributed by atoms with Gasteiger partial charge in [-0.15, -0.1) is 11.8 Å². The van der Waals surface area contributed by atoms with Crippen molar-refractivity contribution in [3.05, 3.63) is 41.1 Å². The summed E-state index contributed by atoms with van der Waals surface area (Å²) in [5.74, 6) is -4.33. The minimum atomic E-state index is -4.33. The number of amides is 2. The molecular weight excluding hydrogens is 610 g/mol. The second-order valence-electron chi connectivity index (χ2n) is 9.14. The molecule has 1 aromatic carbocycles. The van der Waals surface area contributed by atoms with Gasteiger partial charge in [-0.3, -0.25) is 28.3 Å². The van der Waals surface area contributed by atoms with Crippen LogP contribution in [0.4, 0.5) is 0 Å². The number of methoxy groups -OCH3 is 1. The average molecular weight is 642 g/mol. The number of rotatable bonds is 14. The van der Waals surface area contributed by atoms with Crippen molar-refractivity contribution in [2.24, 2.45) is 5.16 Å². The van der Waals surface area contributed by atoms with Gasteiger partial charge in [0.15, 0.2) is 0 Å². The Balaban J connectivity index is 1.73. The van der Waals surface area contributed by atoms with Gasteiger partial charge in [0.25, 0.3) is 21.9 Å². The summed E-state index contributed by atoms with van der Waals surface area (Å²) >= 11 is 1.22. The monoisotopic (exact) mass is 641 g/mol. The quantitative estimate of drug-likeness (QED) is 0.0559. The molecular formula is C26H31N3O12S2. The van der Waals surface area contributed by atoms with E-state index in [0.717, 1.165) is 17.4 Å². The van der Waals surface area contributed by atoms with Crippen molar-refractivity contribution >= 4 is 57.1 Å². The van der Waals surface area contributed by atoms with Gasteiger partial charge in [0.1, 0.15) is 30.3 Å². The number of benzene rings is 1. The molecule has 0 saturated carbocycles. The number of hydrogen-bond donors (Lipinski definition) is 1. The van der Waals surface area contributed by atoms with Gasteiger partial charge in [-0.2, -0.15) is 8.42 Å². The van der Waals surface area contributed by atoms with Gasteiger partial charge in [0.05, 0.1) is 11.5 Å². The van der Waals surface area contributed by atoms with E-state index in [4.69, 9.17) is 23.2 Å². The number of thioether (sulfide) groups is 1. The van der Waals surface area contributed by atoms with Crippen LogP contribution in [0.25, 0.3) is 0 Å². The van der Waals surface area contributed by atoms with Gasteiger partial charge in [-0.25, -0.2) is 4.79 Å². The van der Waals surface area contributed by atoms with Crippen LogP contribution in [0.5, 0.6) is 0 Å². The second-order valence-corrected chi connectivity index (χ2v) is 11.9. The molecule has 1 aromatic rings. The Kier molecular flexibility index (Phi) is 11.4. The van der Waals surface area contributed by atoms with Crippen LogP contribution in [0.2, 0.25) is 0 Å². The van der Waals surface area contributed by atoms with Crippen LogP contribution in [0.15, 0.2) is 45.6 Å². The highest BCUT2D eigenvalue weighted by Crippen LogP contribution is 2.40. The molecule has 1 N–H and O–H groups in total. The minimum Gasteiger partial charge on any atom is -0.426 e. The van der Waals surface area contributed by atoms with Crippen LogP contribution in [0.3, 0.4) is 0 Å². The Morgan fingerprint density at radius 2 is 1.84 bits per heavy atom. The van der Waals surface area contributed by atoms with Gasteiger partial charge in [-0.1, -0.05) is 22.9 Å². The number of ketones is 1. The van der Waals surface area contributed by atoms with Crippen LogP contribution in [0.1, 0.15) is 26.3 Å². The summed E-state index contributed by atoms with van der Waals surface area (Å²) in [6.45, 7) is 4.70. The molecule has 0 aliphatic carbocycles. The van der Waals surface area contributed by atoms with Gasteiger partial charge >= 0.3 is 11.9 Å². The predicted octanol–water partition coefficient (Wildman–Crippen LogP) is 0.415. The first-order valence-corrected chi connectivity index (χ1v) is 15.3. The van der Waals surface area contributed by atoms with E-state index in [2.05, 4.69) is 10.5 Å². The highest BCUT2D eigenvalue weighted by molar-refractivity contribution is 8.00. The molecule has 2 unspecified atom stereocenters. The van der Waals surface area contributed by atoms with E-state index in [1.165, 1.54) is 37.9 Å². The predicted molar refractivity (Wildman–Crippen MR) is 150 cm³/mol. The van der Waals surface area contributed by atoms with E-state index in [9.17, 15) is 32.4 Å². The largest absolute Gasteiger partial charge is 0.426 e. The zero-order valence-electron chi connectivity index (χ0n) is 24.0. The van der Waals surface area contributed by atoms with Gasteiger partial charge in [0.2, 0.25) is 17.8 Å². The van der Waals surface area contributed by atoms with Crippen LogP contribution < -0.4 is 5.32 Å². The van der Waals surface area contributed by atoms with E-state index in [1.807, 2.05) is 0 Å². The van der Waals surface area contributed by atoms with Gasteiger partial charge in [-0.05, 0) is 31.6 Å². The lowest BCUT2D eigenvalue weighted by Gasteiger charge is -2.49. The summed E-state index contributed by atoms with van der Waals surface area (Å²) in [7, 11) is -2.93. The standard InChI is InChI=1S/C26H31N3O12S2/c1-6-38-28-20(19(31)12-39-43(35,36)18-9-7-14(2)8-10-18)23(32)27-21-24(33)29-22(17(11-37-5)13-42-25(21)29)26(34)41-16(4)40-15(3)30/h7-10,16,21,25H,6,11-13H2,1-5H3,(H,27,32)/b28-20+/t16?,21?,25-/m1/s1. The van der Waals surface area contributed by atoms with Crippen LogP contribution in [-0.4, -0.2) is 99.0 Å². The second kappa shape index (κ2) is 14.6. The van der Waals surface area contributed by atoms with E-state index >= 15 is 0 Å². The number of nitrogens with one attached hydrogen (secondary N) is 1. The maximum Gasteiger partial charge on any atom is 0.358 e. The molecule has 15 nitrogen and oxygen atoms in total. The number of nitrogens with zero attached hydrogens (tertiary/aromatic N) is 2.